The number of hydrogen-bond donors (Lipinski definition) is 3. The summed E-state index contributed by atoms with van der Waals surface area (Å²) in [6.07, 6.45) is 0. The Balaban J connectivity index is 2.23. The Hall–Kier alpha value is -2.63. The van der Waals surface area contributed by atoms with Gasteiger partial charge in [-0.05, 0) is 25.1 Å². The van der Waals surface area contributed by atoms with E-state index >= 15 is 0 Å². The van der Waals surface area contributed by atoms with E-state index in [1.807, 2.05) is 6.07 Å². The molecule has 0 aliphatic rings. The van der Waals surface area contributed by atoms with Gasteiger partial charge in [0.15, 0.2) is 0 Å². The largest absolute Gasteiger partial charge is 0.326 e. The number of nitrogens with one attached hydrogen (secondary N) is 3. The molecule has 98 valence electrons. The summed E-state index contributed by atoms with van der Waals surface area (Å²) in [7, 11) is 0. The third-order valence-electron chi connectivity index (χ3n) is 2.32. The summed E-state index contributed by atoms with van der Waals surface area (Å²) in [6.45, 7) is 3.19. The van der Waals surface area contributed by atoms with E-state index in [0.29, 0.717) is 17.3 Å². The van der Waals surface area contributed by atoms with Gasteiger partial charge in [-0.1, -0.05) is 6.07 Å². The fourth-order valence-electron chi connectivity index (χ4n) is 1.65. The number of aryl methyl sites for hydroxylation is 1. The molecule has 2 rings (SSSR count). The number of H-pyrrole nitrogens is 1. The van der Waals surface area contributed by atoms with Crippen molar-refractivity contribution in [3.63, 3.8) is 0 Å². The number of aromatic nitrogens is 2. The van der Waals surface area contributed by atoms with Crippen molar-refractivity contribution >= 4 is 23.2 Å². The Kier molecular flexibility index (Phi) is 3.61. The second kappa shape index (κ2) is 5.34. The standard InChI is InChI=1S/C13H14N4O2/c1-8-6-12(19)17-13(14-8)16-11-5-3-4-10(7-11)15-9(2)18/h3-7H,1-2H3,(H,15,18)(H2,14,16,17,19). The number of carbonyl (C=O) groups is 1. The minimum atomic E-state index is -0.215. The van der Waals surface area contributed by atoms with E-state index in [0.717, 1.165) is 5.69 Å². The van der Waals surface area contributed by atoms with E-state index < -0.39 is 0 Å². The molecule has 6 nitrogen and oxygen atoms in total. The van der Waals surface area contributed by atoms with E-state index in [-0.39, 0.29) is 11.5 Å². The molecule has 0 aliphatic heterocycles. The van der Waals surface area contributed by atoms with Crippen molar-refractivity contribution in [2.24, 2.45) is 0 Å². The molecule has 0 spiro atoms. The van der Waals surface area contributed by atoms with Crippen molar-refractivity contribution < 1.29 is 4.79 Å². The molecular weight excluding hydrogens is 244 g/mol. The summed E-state index contributed by atoms with van der Waals surface area (Å²) >= 11 is 0. The highest BCUT2D eigenvalue weighted by atomic mass is 16.1. The van der Waals surface area contributed by atoms with Gasteiger partial charge in [-0.2, -0.15) is 0 Å². The van der Waals surface area contributed by atoms with Gasteiger partial charge in [-0.25, -0.2) is 4.98 Å². The van der Waals surface area contributed by atoms with Crippen LogP contribution in [0.5, 0.6) is 0 Å². The van der Waals surface area contributed by atoms with Crippen molar-refractivity contribution in [1.29, 1.82) is 0 Å². The monoisotopic (exact) mass is 258 g/mol. The lowest BCUT2D eigenvalue weighted by atomic mass is 10.2. The van der Waals surface area contributed by atoms with Crippen molar-refractivity contribution in [1.82, 2.24) is 9.97 Å². The minimum Gasteiger partial charge on any atom is -0.326 e. The van der Waals surface area contributed by atoms with Gasteiger partial charge in [-0.3, -0.25) is 14.6 Å². The number of benzene rings is 1. The van der Waals surface area contributed by atoms with E-state index in [1.54, 1.807) is 25.1 Å². The maximum Gasteiger partial charge on any atom is 0.252 e. The number of hydrogen-bond acceptors (Lipinski definition) is 4. The second-order valence-corrected chi connectivity index (χ2v) is 4.12. The van der Waals surface area contributed by atoms with Gasteiger partial charge >= 0.3 is 0 Å². The molecule has 1 aromatic carbocycles. The highest BCUT2D eigenvalue weighted by molar-refractivity contribution is 5.89. The zero-order valence-corrected chi connectivity index (χ0v) is 10.7. The molecule has 3 N–H and O–H groups in total. The van der Waals surface area contributed by atoms with Crippen LogP contribution in [-0.2, 0) is 4.79 Å². The van der Waals surface area contributed by atoms with Crippen molar-refractivity contribution in [2.45, 2.75) is 13.8 Å². The predicted octanol–water partition coefficient (Wildman–Crippen LogP) is 1.78. The summed E-state index contributed by atoms with van der Waals surface area (Å²) in [5.74, 6) is 0.226. The third kappa shape index (κ3) is 3.67. The Labute approximate surface area is 109 Å². The summed E-state index contributed by atoms with van der Waals surface area (Å²) in [6, 6.07) is 8.55. The number of amides is 1. The van der Waals surface area contributed by atoms with Crippen molar-refractivity contribution in [2.75, 3.05) is 10.6 Å². The van der Waals surface area contributed by atoms with Gasteiger partial charge in [0.25, 0.3) is 5.56 Å². The van der Waals surface area contributed by atoms with Crippen molar-refractivity contribution in [3.8, 4) is 0 Å². The highest BCUT2D eigenvalue weighted by Crippen LogP contribution is 2.17. The first-order chi connectivity index (χ1) is 9.02. The number of rotatable bonds is 3. The van der Waals surface area contributed by atoms with Gasteiger partial charge in [-0.15, -0.1) is 0 Å². The van der Waals surface area contributed by atoms with Crippen LogP contribution in [0.3, 0.4) is 0 Å². The summed E-state index contributed by atoms with van der Waals surface area (Å²) in [5.41, 5.74) is 1.81. The Morgan fingerprint density at radius 3 is 2.68 bits per heavy atom. The molecule has 1 heterocycles. The molecule has 0 bridgehead atoms. The predicted molar refractivity (Wildman–Crippen MR) is 73.6 cm³/mol. The fraction of sp³-hybridized carbons (Fsp3) is 0.154. The van der Waals surface area contributed by atoms with Gasteiger partial charge in [0.2, 0.25) is 11.9 Å². The molecule has 2 aromatic rings. The Bertz CT molecular complexity index is 664. The van der Waals surface area contributed by atoms with E-state index in [1.165, 1.54) is 13.0 Å². The lowest BCUT2D eigenvalue weighted by molar-refractivity contribution is -0.114. The third-order valence-corrected chi connectivity index (χ3v) is 2.32. The molecule has 19 heavy (non-hydrogen) atoms. The van der Waals surface area contributed by atoms with E-state index in [2.05, 4.69) is 20.6 Å². The summed E-state index contributed by atoms with van der Waals surface area (Å²) < 4.78 is 0. The minimum absolute atomic E-state index is 0.140. The molecule has 0 radical (unpaired) electrons. The molecule has 0 fully saturated rings. The quantitative estimate of drug-likeness (QED) is 0.783. The smallest absolute Gasteiger partial charge is 0.252 e. The van der Waals surface area contributed by atoms with E-state index in [9.17, 15) is 9.59 Å². The van der Waals surface area contributed by atoms with Crippen molar-refractivity contribution in [3.05, 3.63) is 46.4 Å². The first kappa shape index (κ1) is 12.8. The number of anilines is 3. The maximum atomic E-state index is 11.3. The molecule has 1 amide bonds. The summed E-state index contributed by atoms with van der Waals surface area (Å²) in [5, 5.41) is 5.66. The van der Waals surface area contributed by atoms with Crippen LogP contribution >= 0.6 is 0 Å². The lowest BCUT2D eigenvalue weighted by Gasteiger charge is -2.08. The van der Waals surface area contributed by atoms with Gasteiger partial charge in [0, 0.05) is 30.1 Å². The first-order valence-electron chi connectivity index (χ1n) is 5.75. The molecule has 0 unspecified atom stereocenters. The molecule has 1 aromatic heterocycles. The zero-order valence-electron chi connectivity index (χ0n) is 10.7. The second-order valence-electron chi connectivity index (χ2n) is 4.12. The summed E-state index contributed by atoms with van der Waals surface area (Å²) in [4.78, 5) is 29.1. The van der Waals surface area contributed by atoms with Crippen LogP contribution in [0.2, 0.25) is 0 Å². The normalized spacial score (nSPS) is 10.0. The van der Waals surface area contributed by atoms with Crippen LogP contribution in [0.15, 0.2) is 35.1 Å². The maximum absolute atomic E-state index is 11.3. The van der Waals surface area contributed by atoms with Crippen LogP contribution in [-0.4, -0.2) is 15.9 Å². The lowest BCUT2D eigenvalue weighted by Crippen LogP contribution is -2.11. The number of nitrogens with zero attached hydrogens (tertiary/aromatic N) is 1. The molecule has 6 heteroatoms. The topological polar surface area (TPSA) is 86.9 Å². The van der Waals surface area contributed by atoms with Gasteiger partial charge < -0.3 is 10.6 Å². The van der Waals surface area contributed by atoms with Gasteiger partial charge in [0.05, 0.1) is 0 Å². The zero-order chi connectivity index (χ0) is 13.8. The first-order valence-corrected chi connectivity index (χ1v) is 5.75. The SMILES string of the molecule is CC(=O)Nc1cccc(Nc2nc(C)cc(=O)[nH]2)c1. The molecule has 0 saturated carbocycles. The van der Waals surface area contributed by atoms with Crippen LogP contribution in [0.1, 0.15) is 12.6 Å². The van der Waals surface area contributed by atoms with E-state index in [4.69, 9.17) is 0 Å². The average Bonchev–Trinajstić information content (AvgIpc) is 2.26. The fourth-order valence-corrected chi connectivity index (χ4v) is 1.65. The molecular formula is C13H14N4O2. The van der Waals surface area contributed by atoms with Crippen LogP contribution in [0.25, 0.3) is 0 Å². The van der Waals surface area contributed by atoms with Crippen LogP contribution in [0, 0.1) is 6.92 Å². The molecule has 0 atom stereocenters. The number of carbonyl (C=O) groups excluding carboxylic acids is 1. The number of aromatic amines is 1. The van der Waals surface area contributed by atoms with Crippen LogP contribution < -0.4 is 16.2 Å². The molecule has 0 aliphatic carbocycles. The van der Waals surface area contributed by atoms with Crippen LogP contribution in [0.4, 0.5) is 17.3 Å². The average molecular weight is 258 g/mol. The Morgan fingerprint density at radius 2 is 2.00 bits per heavy atom. The molecule has 0 saturated heterocycles. The Morgan fingerprint density at radius 1 is 1.26 bits per heavy atom. The highest BCUT2D eigenvalue weighted by Gasteiger charge is 2.01. The van der Waals surface area contributed by atoms with Gasteiger partial charge in [0.1, 0.15) is 0 Å².